The summed E-state index contributed by atoms with van der Waals surface area (Å²) in [5, 5.41) is 9.33. The average Bonchev–Trinajstić information content (AvgIpc) is 2.14. The van der Waals surface area contributed by atoms with Gasteiger partial charge >= 0.3 is 0 Å². The highest BCUT2D eigenvalue weighted by Gasteiger charge is 2.09. The SMILES string of the molecule is CCCC[C@@H](C)CCC[C@H](C)[C@@H](C)O. The molecule has 0 heterocycles. The minimum atomic E-state index is -0.138. The molecular weight excluding hydrogens is 172 g/mol. The van der Waals surface area contributed by atoms with Crippen LogP contribution >= 0.6 is 0 Å². The molecule has 3 atom stereocenters. The van der Waals surface area contributed by atoms with E-state index in [1.54, 1.807) is 0 Å². The Balaban J connectivity index is 3.34. The van der Waals surface area contributed by atoms with Crippen molar-refractivity contribution in [3.63, 3.8) is 0 Å². The zero-order valence-electron chi connectivity index (χ0n) is 10.4. The number of aliphatic hydroxyl groups excluding tert-OH is 1. The van der Waals surface area contributed by atoms with Crippen LogP contribution in [-0.2, 0) is 0 Å². The number of rotatable bonds is 8. The maximum absolute atomic E-state index is 9.33. The lowest BCUT2D eigenvalue weighted by molar-refractivity contribution is 0.127. The molecule has 0 rings (SSSR count). The summed E-state index contributed by atoms with van der Waals surface area (Å²) >= 11 is 0. The summed E-state index contributed by atoms with van der Waals surface area (Å²) in [7, 11) is 0. The van der Waals surface area contributed by atoms with E-state index in [-0.39, 0.29) is 6.10 Å². The zero-order chi connectivity index (χ0) is 11.0. The summed E-state index contributed by atoms with van der Waals surface area (Å²) in [6.07, 6.45) is 7.70. The summed E-state index contributed by atoms with van der Waals surface area (Å²) in [5.41, 5.74) is 0. The van der Waals surface area contributed by atoms with Crippen LogP contribution in [-0.4, -0.2) is 11.2 Å². The summed E-state index contributed by atoms with van der Waals surface area (Å²) < 4.78 is 0. The summed E-state index contributed by atoms with van der Waals surface area (Å²) in [6, 6.07) is 0. The van der Waals surface area contributed by atoms with Crippen LogP contribution < -0.4 is 0 Å². The second-order valence-electron chi connectivity index (χ2n) is 4.90. The van der Waals surface area contributed by atoms with Crippen molar-refractivity contribution in [2.24, 2.45) is 11.8 Å². The third-order valence-corrected chi connectivity index (χ3v) is 3.23. The molecule has 1 N–H and O–H groups in total. The molecular formula is C13H28O. The Kier molecular flexibility index (Phi) is 8.26. The van der Waals surface area contributed by atoms with Crippen LogP contribution in [0.1, 0.15) is 66.2 Å². The Hall–Kier alpha value is -0.0400. The first-order chi connectivity index (χ1) is 6.57. The lowest BCUT2D eigenvalue weighted by atomic mass is 9.93. The normalized spacial score (nSPS) is 17.8. The van der Waals surface area contributed by atoms with Crippen molar-refractivity contribution in [2.75, 3.05) is 0 Å². The zero-order valence-corrected chi connectivity index (χ0v) is 10.4. The average molecular weight is 200 g/mol. The highest BCUT2D eigenvalue weighted by atomic mass is 16.3. The molecule has 0 bridgehead atoms. The largest absolute Gasteiger partial charge is 0.393 e. The van der Waals surface area contributed by atoms with Gasteiger partial charge in [-0.2, -0.15) is 0 Å². The molecule has 0 saturated carbocycles. The van der Waals surface area contributed by atoms with E-state index >= 15 is 0 Å². The molecule has 0 fully saturated rings. The first-order valence-electron chi connectivity index (χ1n) is 6.26. The van der Waals surface area contributed by atoms with Gasteiger partial charge in [-0.25, -0.2) is 0 Å². The van der Waals surface area contributed by atoms with Gasteiger partial charge in [0.15, 0.2) is 0 Å². The van der Waals surface area contributed by atoms with Crippen molar-refractivity contribution >= 4 is 0 Å². The third kappa shape index (κ3) is 7.37. The number of unbranched alkanes of at least 4 members (excludes halogenated alkanes) is 1. The molecule has 0 aromatic carbocycles. The van der Waals surface area contributed by atoms with Gasteiger partial charge in [0.1, 0.15) is 0 Å². The molecule has 0 radical (unpaired) electrons. The summed E-state index contributed by atoms with van der Waals surface area (Å²) in [4.78, 5) is 0. The fourth-order valence-corrected chi connectivity index (χ4v) is 1.73. The van der Waals surface area contributed by atoms with Gasteiger partial charge in [-0.15, -0.1) is 0 Å². The molecule has 0 aromatic rings. The quantitative estimate of drug-likeness (QED) is 0.628. The van der Waals surface area contributed by atoms with Crippen LogP contribution in [0.25, 0.3) is 0 Å². The lowest BCUT2D eigenvalue weighted by Crippen LogP contribution is -2.13. The van der Waals surface area contributed by atoms with Gasteiger partial charge in [-0.3, -0.25) is 0 Å². The molecule has 1 heteroatoms. The second-order valence-corrected chi connectivity index (χ2v) is 4.90. The van der Waals surface area contributed by atoms with Crippen molar-refractivity contribution in [2.45, 2.75) is 72.3 Å². The van der Waals surface area contributed by atoms with Crippen LogP contribution in [0.4, 0.5) is 0 Å². The predicted octanol–water partition coefficient (Wildman–Crippen LogP) is 4.00. The number of hydrogen-bond donors (Lipinski definition) is 1. The minimum absolute atomic E-state index is 0.138. The van der Waals surface area contributed by atoms with Crippen molar-refractivity contribution < 1.29 is 5.11 Å². The van der Waals surface area contributed by atoms with E-state index in [4.69, 9.17) is 0 Å². The standard InChI is InChI=1S/C13H28O/c1-5-6-8-11(2)9-7-10-12(3)13(4)14/h11-14H,5-10H2,1-4H3/t11-,12+,13-/m1/s1. The smallest absolute Gasteiger partial charge is 0.0537 e. The van der Waals surface area contributed by atoms with Gasteiger partial charge < -0.3 is 5.11 Å². The van der Waals surface area contributed by atoms with Crippen LogP contribution in [0.15, 0.2) is 0 Å². The van der Waals surface area contributed by atoms with E-state index in [1.807, 2.05) is 6.92 Å². The molecule has 0 unspecified atom stereocenters. The molecule has 0 aliphatic heterocycles. The van der Waals surface area contributed by atoms with E-state index in [0.29, 0.717) is 5.92 Å². The molecule has 1 nitrogen and oxygen atoms in total. The highest BCUT2D eigenvalue weighted by Crippen LogP contribution is 2.18. The van der Waals surface area contributed by atoms with Crippen molar-refractivity contribution in [1.29, 1.82) is 0 Å². The first kappa shape index (κ1) is 14.0. The second kappa shape index (κ2) is 8.28. The maximum Gasteiger partial charge on any atom is 0.0537 e. The molecule has 0 amide bonds. The van der Waals surface area contributed by atoms with Crippen LogP contribution in [0, 0.1) is 11.8 Å². The molecule has 14 heavy (non-hydrogen) atoms. The molecule has 0 spiro atoms. The first-order valence-corrected chi connectivity index (χ1v) is 6.26. The van der Waals surface area contributed by atoms with Crippen molar-refractivity contribution in [3.05, 3.63) is 0 Å². The van der Waals surface area contributed by atoms with E-state index in [0.717, 1.165) is 5.92 Å². The van der Waals surface area contributed by atoms with Gasteiger partial charge in [0.2, 0.25) is 0 Å². The fraction of sp³-hybridized carbons (Fsp3) is 1.00. The number of aliphatic hydroxyl groups is 1. The molecule has 86 valence electrons. The van der Waals surface area contributed by atoms with Crippen molar-refractivity contribution in [3.8, 4) is 0 Å². The Morgan fingerprint density at radius 3 is 2.00 bits per heavy atom. The maximum atomic E-state index is 9.33. The lowest BCUT2D eigenvalue weighted by Gasteiger charge is -2.16. The Bertz CT molecular complexity index is 120. The third-order valence-electron chi connectivity index (χ3n) is 3.23. The van der Waals surface area contributed by atoms with E-state index in [9.17, 15) is 5.11 Å². The highest BCUT2D eigenvalue weighted by molar-refractivity contribution is 4.61. The van der Waals surface area contributed by atoms with Crippen LogP contribution in [0.5, 0.6) is 0 Å². The van der Waals surface area contributed by atoms with Gasteiger partial charge in [-0.05, 0) is 25.2 Å². The Morgan fingerprint density at radius 2 is 1.50 bits per heavy atom. The summed E-state index contributed by atoms with van der Waals surface area (Å²) in [6.45, 7) is 8.64. The van der Waals surface area contributed by atoms with Gasteiger partial charge in [0, 0.05) is 0 Å². The fourth-order valence-electron chi connectivity index (χ4n) is 1.73. The Morgan fingerprint density at radius 1 is 0.929 bits per heavy atom. The van der Waals surface area contributed by atoms with Crippen LogP contribution in [0.2, 0.25) is 0 Å². The molecule has 0 aliphatic carbocycles. The number of hydrogen-bond acceptors (Lipinski definition) is 1. The van der Waals surface area contributed by atoms with E-state index in [1.165, 1.54) is 38.5 Å². The molecule has 0 saturated heterocycles. The van der Waals surface area contributed by atoms with Gasteiger partial charge in [0.05, 0.1) is 6.10 Å². The molecule has 0 aromatic heterocycles. The van der Waals surface area contributed by atoms with Crippen molar-refractivity contribution in [1.82, 2.24) is 0 Å². The Labute approximate surface area is 89.9 Å². The molecule has 0 aliphatic rings. The topological polar surface area (TPSA) is 20.2 Å². The monoisotopic (exact) mass is 200 g/mol. The van der Waals surface area contributed by atoms with Gasteiger partial charge in [-0.1, -0.05) is 52.9 Å². The predicted molar refractivity (Wildman–Crippen MR) is 63.4 cm³/mol. The van der Waals surface area contributed by atoms with E-state index in [2.05, 4.69) is 20.8 Å². The van der Waals surface area contributed by atoms with Gasteiger partial charge in [0.25, 0.3) is 0 Å². The minimum Gasteiger partial charge on any atom is -0.393 e. The van der Waals surface area contributed by atoms with E-state index < -0.39 is 0 Å². The summed E-state index contributed by atoms with van der Waals surface area (Å²) in [5.74, 6) is 1.34. The van der Waals surface area contributed by atoms with Crippen LogP contribution in [0.3, 0.4) is 0 Å².